The molecule has 278 valence electrons. The minimum atomic E-state index is -4.64. The highest BCUT2D eigenvalue weighted by Gasteiger charge is 2.38. The summed E-state index contributed by atoms with van der Waals surface area (Å²) in [5, 5.41) is 13.4. The maximum absolute atomic E-state index is 13.9. The molecule has 1 atom stereocenters. The number of amides is 1. The first kappa shape index (κ1) is 43.8. The molecule has 50 heavy (non-hydrogen) atoms. The van der Waals surface area contributed by atoms with E-state index in [0.29, 0.717) is 17.9 Å². The third-order valence-electron chi connectivity index (χ3n) is 7.96. The number of ether oxygens (including phenoxy) is 1. The predicted molar refractivity (Wildman–Crippen MR) is 188 cm³/mol. The Morgan fingerprint density at radius 3 is 2.12 bits per heavy atom. The smallest absolute Gasteiger partial charge is 0.417 e. The second kappa shape index (κ2) is 20.5. The number of allylic oxidation sites excluding steroid dienone is 4. The fourth-order valence-electron chi connectivity index (χ4n) is 5.12. The second-order valence-corrected chi connectivity index (χ2v) is 12.0. The Hall–Kier alpha value is -4.22. The van der Waals surface area contributed by atoms with Crippen molar-refractivity contribution in [2.75, 3.05) is 18.5 Å². The van der Waals surface area contributed by atoms with Crippen molar-refractivity contribution in [3.63, 3.8) is 0 Å². The average molecular weight is 711 g/mol. The molecule has 1 aliphatic heterocycles. The van der Waals surface area contributed by atoms with Gasteiger partial charge in [-0.3, -0.25) is 14.4 Å². The van der Waals surface area contributed by atoms with Crippen LogP contribution in [0.5, 0.6) is 5.75 Å². The molecule has 1 aliphatic rings. The van der Waals surface area contributed by atoms with Crippen LogP contribution in [0.2, 0.25) is 0 Å². The van der Waals surface area contributed by atoms with E-state index in [1.165, 1.54) is 6.92 Å². The van der Waals surface area contributed by atoms with Crippen molar-refractivity contribution >= 4 is 28.9 Å². The summed E-state index contributed by atoms with van der Waals surface area (Å²) in [5.74, 6) is -4.70. The number of alkyl halides is 3. The summed E-state index contributed by atoms with van der Waals surface area (Å²) in [4.78, 5) is 34.3. The van der Waals surface area contributed by atoms with Crippen molar-refractivity contribution in [1.29, 1.82) is 0 Å². The van der Waals surface area contributed by atoms with Crippen LogP contribution in [0.25, 0.3) is 5.57 Å². The number of hydrogen-bond donors (Lipinski definition) is 3. The van der Waals surface area contributed by atoms with Gasteiger partial charge >= 0.3 is 12.1 Å². The van der Waals surface area contributed by atoms with Gasteiger partial charge in [-0.25, -0.2) is 8.78 Å². The highest BCUT2D eigenvalue weighted by molar-refractivity contribution is 6.22. The molecule has 0 spiro atoms. The van der Waals surface area contributed by atoms with Crippen LogP contribution in [0.4, 0.5) is 27.6 Å². The Balaban J connectivity index is 0.000000483. The van der Waals surface area contributed by atoms with Crippen LogP contribution in [-0.4, -0.2) is 48.1 Å². The second-order valence-electron chi connectivity index (χ2n) is 12.0. The minimum absolute atomic E-state index is 0.0521. The molecule has 12 heteroatoms. The van der Waals surface area contributed by atoms with E-state index in [2.05, 4.69) is 5.32 Å². The van der Waals surface area contributed by atoms with E-state index in [4.69, 9.17) is 9.84 Å². The molecule has 2 aromatic rings. The molecule has 3 N–H and O–H groups in total. The van der Waals surface area contributed by atoms with E-state index in [9.17, 15) is 36.3 Å². The van der Waals surface area contributed by atoms with Crippen LogP contribution in [0.1, 0.15) is 108 Å². The van der Waals surface area contributed by atoms with Crippen molar-refractivity contribution in [3.8, 4) is 5.75 Å². The van der Waals surface area contributed by atoms with Crippen molar-refractivity contribution in [1.82, 2.24) is 5.32 Å². The lowest BCUT2D eigenvalue weighted by Gasteiger charge is -2.24. The van der Waals surface area contributed by atoms with Crippen LogP contribution in [0.15, 0.2) is 41.5 Å². The van der Waals surface area contributed by atoms with E-state index in [1.807, 2.05) is 53.8 Å². The van der Waals surface area contributed by atoms with E-state index in [-0.39, 0.29) is 28.8 Å². The Labute approximate surface area is 292 Å². The van der Waals surface area contributed by atoms with Crippen LogP contribution < -0.4 is 15.4 Å². The lowest BCUT2D eigenvalue weighted by atomic mass is 9.88. The van der Waals surface area contributed by atoms with Crippen LogP contribution >= 0.6 is 0 Å². The molecule has 0 radical (unpaired) electrons. The largest absolute Gasteiger partial charge is 0.493 e. The molecule has 7 nitrogen and oxygen atoms in total. The summed E-state index contributed by atoms with van der Waals surface area (Å²) in [6.45, 7) is 16.1. The number of carbonyl (C=O) groups excluding carboxylic acids is 2. The summed E-state index contributed by atoms with van der Waals surface area (Å²) < 4.78 is 75.2. The van der Waals surface area contributed by atoms with Gasteiger partial charge in [0.25, 0.3) is 5.91 Å². The van der Waals surface area contributed by atoms with Gasteiger partial charge in [-0.15, -0.1) is 0 Å². The number of aliphatic carboxylic acids is 1. The van der Waals surface area contributed by atoms with Crippen LogP contribution in [0.3, 0.4) is 0 Å². The van der Waals surface area contributed by atoms with Crippen molar-refractivity contribution in [2.45, 2.75) is 107 Å². The number of rotatable bonds is 12. The molecular weight excluding hydrogens is 659 g/mol. The molecule has 0 aliphatic carbocycles. The fraction of sp³-hybridized carbons (Fsp3) is 0.500. The van der Waals surface area contributed by atoms with Gasteiger partial charge in [0.05, 0.1) is 12.2 Å². The Morgan fingerprint density at radius 2 is 1.64 bits per heavy atom. The Kier molecular flexibility index (Phi) is 17.9. The molecular formula is C38H51F5N2O5. The number of fused-ring (bicyclic) bond motifs is 1. The Morgan fingerprint density at radius 1 is 1.04 bits per heavy atom. The molecule has 0 fully saturated rings. The maximum Gasteiger partial charge on any atom is 0.417 e. The summed E-state index contributed by atoms with van der Waals surface area (Å²) in [7, 11) is 0. The number of carboxylic acids is 1. The minimum Gasteiger partial charge on any atom is -0.493 e. The third-order valence-corrected chi connectivity index (χ3v) is 7.96. The van der Waals surface area contributed by atoms with Gasteiger partial charge in [0.15, 0.2) is 5.78 Å². The van der Waals surface area contributed by atoms with Crippen LogP contribution in [0, 0.1) is 24.5 Å². The zero-order valence-electron chi connectivity index (χ0n) is 30.5. The number of carbonyl (C=O) groups is 3. The van der Waals surface area contributed by atoms with E-state index in [1.54, 1.807) is 19.1 Å². The first-order valence-corrected chi connectivity index (χ1v) is 16.9. The van der Waals surface area contributed by atoms with E-state index >= 15 is 0 Å². The number of benzene rings is 2. The van der Waals surface area contributed by atoms with Gasteiger partial charge in [0, 0.05) is 22.9 Å². The fourth-order valence-corrected chi connectivity index (χ4v) is 5.12. The number of Topliss-reactive ketones (excluding diaryl/α,β-unsaturated/α-hetero) is 1. The summed E-state index contributed by atoms with van der Waals surface area (Å²) in [6.07, 6.45) is 0.613. The van der Waals surface area contributed by atoms with E-state index in [0.717, 1.165) is 61.4 Å². The SMILES string of the molecule is CC.CC(=O)/C(=C(\C=C(\C)C(C)C)C(F)(F)F)c1ccc(C)c2c1OCCC2.CCC[C@@H](CC)Nc1cc(F)c(C(=O)NCC(=O)O)c(F)c1. The maximum atomic E-state index is 13.9. The highest BCUT2D eigenvalue weighted by atomic mass is 19.4. The van der Waals surface area contributed by atoms with Gasteiger partial charge in [-0.05, 0) is 75.6 Å². The monoisotopic (exact) mass is 710 g/mol. The molecule has 0 aromatic heterocycles. The zero-order valence-corrected chi connectivity index (χ0v) is 30.5. The highest BCUT2D eigenvalue weighted by Crippen LogP contribution is 2.41. The van der Waals surface area contributed by atoms with Crippen molar-refractivity contribution < 1.29 is 46.2 Å². The van der Waals surface area contributed by atoms with Gasteiger partial charge < -0.3 is 20.5 Å². The molecule has 3 rings (SSSR count). The predicted octanol–water partition coefficient (Wildman–Crippen LogP) is 9.62. The number of ketones is 1. The molecule has 2 aromatic carbocycles. The lowest BCUT2D eigenvalue weighted by molar-refractivity contribution is -0.135. The van der Waals surface area contributed by atoms with Crippen molar-refractivity contribution in [3.05, 3.63) is 75.4 Å². The third kappa shape index (κ3) is 12.6. The number of halogens is 5. The number of anilines is 1. The number of nitrogens with one attached hydrogen (secondary N) is 2. The standard InChI is InChI=1S/C21H25F3O2.C15H20F2N2O3.C2H6/c1-12(2)14(4)11-18(21(22,23)24)19(15(5)25)17-9-8-13(3)16-7-6-10-26-20(16)17;1-3-5-9(4-2)19-10-6-11(16)14(12(17)7-10)15(22)18-8-13(20)21;1-2/h8-9,11-12H,6-7,10H2,1-5H3;6-7,9,19H,3-5,8H2,1-2H3,(H,18,22)(H,20,21);1-2H3/b14-11-,19-18-;;/t;9-;/m.1./s1. The van der Waals surface area contributed by atoms with Crippen molar-refractivity contribution in [2.24, 2.45) is 5.92 Å². The number of carboxylic acid groups (broad SMARTS) is 1. The molecule has 1 heterocycles. The quantitative estimate of drug-likeness (QED) is 0.115. The molecule has 0 bridgehead atoms. The first-order valence-electron chi connectivity index (χ1n) is 16.9. The topological polar surface area (TPSA) is 105 Å². The lowest BCUT2D eigenvalue weighted by Crippen LogP contribution is -2.30. The van der Waals surface area contributed by atoms with Gasteiger partial charge in [0.1, 0.15) is 29.5 Å². The molecule has 0 saturated heterocycles. The number of hydrogen-bond acceptors (Lipinski definition) is 5. The van der Waals surface area contributed by atoms with E-state index < -0.39 is 53.2 Å². The Bertz CT molecular complexity index is 1520. The molecule has 1 amide bonds. The first-order chi connectivity index (χ1) is 23.4. The normalized spacial score (nSPS) is 13.7. The summed E-state index contributed by atoms with van der Waals surface area (Å²) in [5.41, 5.74) is 0.899. The van der Waals surface area contributed by atoms with Gasteiger partial charge in [0.2, 0.25) is 0 Å². The average Bonchev–Trinajstić information content (AvgIpc) is 3.04. The van der Waals surface area contributed by atoms with Gasteiger partial charge in [-0.2, -0.15) is 13.2 Å². The van der Waals surface area contributed by atoms with Gasteiger partial charge in [-0.1, -0.05) is 71.7 Å². The molecule has 0 saturated carbocycles. The van der Waals surface area contributed by atoms with Crippen LogP contribution in [-0.2, 0) is 16.0 Å². The summed E-state index contributed by atoms with van der Waals surface area (Å²) >= 11 is 0. The zero-order chi connectivity index (χ0) is 38.3. The number of aryl methyl sites for hydroxylation is 1. The summed E-state index contributed by atoms with van der Waals surface area (Å²) in [6, 6.07) is 5.50. The molecule has 0 unspecified atom stereocenters.